The lowest BCUT2D eigenvalue weighted by atomic mass is 9.97. The Morgan fingerprint density at radius 3 is 2.87 bits per heavy atom. The van der Waals surface area contributed by atoms with Crippen molar-refractivity contribution in [2.75, 3.05) is 18.0 Å². The number of hydrogen-bond acceptors (Lipinski definition) is 5. The van der Waals surface area contributed by atoms with Crippen LogP contribution in [0, 0.1) is 5.82 Å². The average molecular weight is 457 g/mol. The normalized spacial score (nSPS) is 19.2. The maximum atomic E-state index is 14.7. The van der Waals surface area contributed by atoms with Gasteiger partial charge in [0.2, 0.25) is 5.91 Å². The minimum Gasteiger partial charge on any atom is -0.345 e. The molecule has 1 saturated heterocycles. The highest BCUT2D eigenvalue weighted by Crippen LogP contribution is 2.36. The van der Waals surface area contributed by atoms with Crippen LogP contribution in [0.1, 0.15) is 19.8 Å². The molecule has 0 bridgehead atoms. The minimum absolute atomic E-state index is 0.156. The zero-order valence-corrected chi connectivity index (χ0v) is 17.0. The molecule has 3 aromatic heterocycles. The summed E-state index contributed by atoms with van der Waals surface area (Å²) in [5.74, 6) is -1.62. The second-order valence-electron chi connectivity index (χ2n) is 7.44. The minimum atomic E-state index is -4.55. The summed E-state index contributed by atoms with van der Waals surface area (Å²) < 4.78 is 52.4. The Bertz CT molecular complexity index is 1150. The summed E-state index contributed by atoms with van der Waals surface area (Å²) in [7, 11) is 0. The fourth-order valence-corrected chi connectivity index (χ4v) is 3.91. The van der Waals surface area contributed by atoms with Crippen LogP contribution < -0.4 is 10.2 Å². The highest BCUT2D eigenvalue weighted by Gasteiger charge is 2.46. The molecule has 1 unspecified atom stereocenters. The van der Waals surface area contributed by atoms with Gasteiger partial charge in [0.1, 0.15) is 17.7 Å². The van der Waals surface area contributed by atoms with Crippen LogP contribution in [0.15, 0.2) is 24.7 Å². The number of aromatic nitrogens is 4. The molecule has 4 rings (SSSR count). The van der Waals surface area contributed by atoms with E-state index in [0.29, 0.717) is 28.0 Å². The van der Waals surface area contributed by atoms with Gasteiger partial charge in [0, 0.05) is 29.9 Å². The lowest BCUT2D eigenvalue weighted by Gasteiger charge is -2.35. The van der Waals surface area contributed by atoms with Crippen molar-refractivity contribution in [2.45, 2.75) is 31.5 Å². The maximum Gasteiger partial charge on any atom is 0.405 e. The molecule has 4 heterocycles. The van der Waals surface area contributed by atoms with Gasteiger partial charge in [-0.05, 0) is 25.8 Å². The molecular weight excluding hydrogens is 440 g/mol. The van der Waals surface area contributed by atoms with Crippen LogP contribution in [0.25, 0.3) is 22.4 Å². The van der Waals surface area contributed by atoms with Gasteiger partial charge in [0.25, 0.3) is 0 Å². The number of halogens is 5. The number of alkyl halides is 3. The van der Waals surface area contributed by atoms with Crippen LogP contribution >= 0.6 is 11.6 Å². The second kappa shape index (κ2) is 7.63. The Morgan fingerprint density at radius 2 is 2.13 bits per heavy atom. The van der Waals surface area contributed by atoms with E-state index in [-0.39, 0.29) is 24.6 Å². The van der Waals surface area contributed by atoms with Crippen LogP contribution in [-0.2, 0) is 4.79 Å². The van der Waals surface area contributed by atoms with Crippen molar-refractivity contribution >= 4 is 34.4 Å². The van der Waals surface area contributed by atoms with Gasteiger partial charge in [-0.3, -0.25) is 4.79 Å². The molecule has 0 aliphatic carbocycles. The SMILES string of the molecule is CC1(C(=O)NCC(F)(F)F)CCCN1c1nc(-c2c[nH]c3ncc(Cl)cc23)ncc1F. The highest BCUT2D eigenvalue weighted by molar-refractivity contribution is 6.31. The Morgan fingerprint density at radius 1 is 1.35 bits per heavy atom. The van der Waals surface area contributed by atoms with Crippen LogP contribution in [0.4, 0.5) is 23.4 Å². The zero-order valence-electron chi connectivity index (χ0n) is 16.2. The number of nitrogens with zero attached hydrogens (tertiary/aromatic N) is 4. The van der Waals surface area contributed by atoms with Gasteiger partial charge in [-0.2, -0.15) is 13.2 Å². The highest BCUT2D eigenvalue weighted by atomic mass is 35.5. The predicted octanol–water partition coefficient (Wildman–Crippen LogP) is 3.85. The molecular formula is C19H17ClF4N6O. The summed E-state index contributed by atoms with van der Waals surface area (Å²) in [6, 6.07) is 1.66. The van der Waals surface area contributed by atoms with Crippen molar-refractivity contribution in [1.82, 2.24) is 25.3 Å². The molecule has 0 spiro atoms. The van der Waals surface area contributed by atoms with E-state index in [4.69, 9.17) is 11.6 Å². The quantitative estimate of drug-likeness (QED) is 0.582. The van der Waals surface area contributed by atoms with E-state index in [1.807, 2.05) is 5.32 Å². The fraction of sp³-hybridized carbons (Fsp3) is 0.368. The maximum absolute atomic E-state index is 14.7. The first-order valence-electron chi connectivity index (χ1n) is 9.37. The lowest BCUT2D eigenvalue weighted by Crippen LogP contribution is -2.55. The first kappa shape index (κ1) is 21.3. The molecule has 3 aromatic rings. The van der Waals surface area contributed by atoms with Crippen molar-refractivity contribution in [3.63, 3.8) is 0 Å². The molecule has 164 valence electrons. The molecule has 12 heteroatoms. The number of nitrogens with one attached hydrogen (secondary N) is 2. The van der Waals surface area contributed by atoms with Gasteiger partial charge in [-0.1, -0.05) is 11.6 Å². The van der Waals surface area contributed by atoms with Crippen molar-refractivity contribution in [2.24, 2.45) is 0 Å². The molecule has 0 radical (unpaired) electrons. The van der Waals surface area contributed by atoms with E-state index in [9.17, 15) is 22.4 Å². The van der Waals surface area contributed by atoms with Crippen LogP contribution in [0.5, 0.6) is 0 Å². The molecule has 1 atom stereocenters. The summed E-state index contributed by atoms with van der Waals surface area (Å²) in [5.41, 5.74) is -0.330. The van der Waals surface area contributed by atoms with Crippen molar-refractivity contribution in [1.29, 1.82) is 0 Å². The largest absolute Gasteiger partial charge is 0.405 e. The average Bonchev–Trinajstić information content (AvgIpc) is 3.30. The van der Waals surface area contributed by atoms with Crippen molar-refractivity contribution < 1.29 is 22.4 Å². The summed E-state index contributed by atoms with van der Waals surface area (Å²) in [5, 5.41) is 2.91. The molecule has 1 fully saturated rings. The van der Waals surface area contributed by atoms with Crippen molar-refractivity contribution in [3.8, 4) is 11.4 Å². The van der Waals surface area contributed by atoms with Crippen LogP contribution in [0.3, 0.4) is 0 Å². The molecule has 31 heavy (non-hydrogen) atoms. The Hall–Kier alpha value is -2.95. The summed E-state index contributed by atoms with van der Waals surface area (Å²) in [6.45, 7) is 0.267. The number of hydrogen-bond donors (Lipinski definition) is 2. The van der Waals surface area contributed by atoms with E-state index in [1.165, 1.54) is 18.0 Å². The Kier molecular flexibility index (Phi) is 5.24. The first-order valence-corrected chi connectivity index (χ1v) is 9.74. The Labute approximate surface area is 178 Å². The smallest absolute Gasteiger partial charge is 0.345 e. The van der Waals surface area contributed by atoms with Crippen LogP contribution in [-0.4, -0.2) is 50.6 Å². The van der Waals surface area contributed by atoms with Gasteiger partial charge < -0.3 is 15.2 Å². The first-order chi connectivity index (χ1) is 14.6. The van der Waals surface area contributed by atoms with Crippen LogP contribution in [0.2, 0.25) is 5.02 Å². The van der Waals surface area contributed by atoms with E-state index < -0.39 is 30.0 Å². The molecule has 1 amide bonds. The van der Waals surface area contributed by atoms with E-state index in [1.54, 1.807) is 12.3 Å². The van der Waals surface area contributed by atoms with Gasteiger partial charge in [-0.15, -0.1) is 0 Å². The van der Waals surface area contributed by atoms with Gasteiger partial charge in [0.15, 0.2) is 17.5 Å². The fourth-order valence-electron chi connectivity index (χ4n) is 3.75. The number of amides is 1. The van der Waals surface area contributed by atoms with E-state index in [2.05, 4.69) is 19.9 Å². The third-order valence-corrected chi connectivity index (χ3v) is 5.51. The van der Waals surface area contributed by atoms with Crippen molar-refractivity contribution in [3.05, 3.63) is 35.5 Å². The standard InChI is InChI=1S/C19H17ClF4N6O/c1-18(17(31)28-9-19(22,23)24)3-2-4-30(18)16-13(21)8-27-15(29-16)12-7-26-14-11(12)5-10(20)6-25-14/h5-8H,2-4,9H2,1H3,(H,25,26)(H,28,31). The summed E-state index contributed by atoms with van der Waals surface area (Å²) >= 11 is 6.02. The third kappa shape index (κ3) is 4.01. The lowest BCUT2D eigenvalue weighted by molar-refractivity contribution is -0.141. The molecule has 1 aliphatic heterocycles. The molecule has 7 nitrogen and oxygen atoms in total. The monoisotopic (exact) mass is 456 g/mol. The third-order valence-electron chi connectivity index (χ3n) is 5.30. The van der Waals surface area contributed by atoms with E-state index >= 15 is 0 Å². The number of carbonyl (C=O) groups excluding carboxylic acids is 1. The number of H-pyrrole nitrogens is 1. The predicted molar refractivity (Wildman–Crippen MR) is 106 cm³/mol. The number of anilines is 1. The summed E-state index contributed by atoms with van der Waals surface area (Å²) in [4.78, 5) is 29.4. The zero-order chi connectivity index (χ0) is 22.4. The Balaban J connectivity index is 1.70. The molecule has 0 saturated carbocycles. The van der Waals surface area contributed by atoms with E-state index in [0.717, 1.165) is 6.20 Å². The molecule has 1 aliphatic rings. The molecule has 2 N–H and O–H groups in total. The number of aromatic amines is 1. The number of pyridine rings is 1. The topological polar surface area (TPSA) is 86.8 Å². The van der Waals surface area contributed by atoms with Gasteiger partial charge in [-0.25, -0.2) is 19.3 Å². The van der Waals surface area contributed by atoms with Gasteiger partial charge in [0.05, 0.1) is 11.2 Å². The summed E-state index contributed by atoms with van der Waals surface area (Å²) in [6.07, 6.45) is 0.234. The van der Waals surface area contributed by atoms with Gasteiger partial charge >= 0.3 is 6.18 Å². The second-order valence-corrected chi connectivity index (χ2v) is 7.88. The number of rotatable bonds is 4. The molecule has 0 aromatic carbocycles. The number of fused-ring (bicyclic) bond motifs is 1. The number of carbonyl (C=O) groups is 1.